The Bertz CT molecular complexity index is 828. The Morgan fingerprint density at radius 2 is 1.66 bits per heavy atom. The molecule has 2 aliphatic heterocycles. The van der Waals surface area contributed by atoms with Crippen molar-refractivity contribution in [1.29, 1.82) is 0 Å². The van der Waals surface area contributed by atoms with E-state index in [4.69, 9.17) is 4.74 Å². The summed E-state index contributed by atoms with van der Waals surface area (Å²) in [6.45, 7) is 11.0. The number of piperazine rings is 1. The largest absolute Gasteiger partial charge is 0.444 e. The van der Waals surface area contributed by atoms with Gasteiger partial charge in [-0.1, -0.05) is 24.3 Å². The van der Waals surface area contributed by atoms with Gasteiger partial charge in [-0.05, 0) is 88.8 Å². The lowest BCUT2D eigenvalue weighted by molar-refractivity contribution is -0.0751. The van der Waals surface area contributed by atoms with Crippen molar-refractivity contribution in [1.82, 2.24) is 14.7 Å². The molecule has 1 spiro atoms. The first kappa shape index (κ1) is 22.2. The fourth-order valence-corrected chi connectivity index (χ4v) is 6.30. The van der Waals surface area contributed by atoms with Crippen molar-refractivity contribution >= 4 is 6.09 Å². The lowest BCUT2D eigenvalue weighted by atomic mass is 9.59. The summed E-state index contributed by atoms with van der Waals surface area (Å²) in [5, 5.41) is 0. The Labute approximate surface area is 194 Å². The van der Waals surface area contributed by atoms with Gasteiger partial charge in [0, 0.05) is 44.8 Å². The molecule has 1 aromatic carbocycles. The standard InChI is InChI=1S/C27H41N3O2/c1-26(2,3)32-25(31)29-13-11-27(12-14-29)17-21(18-27)30-16-15-28(4)19-24(30)23-8-6-5-7-22(23)20-9-10-20/h5-8,20-21,24H,9-19H2,1-4H3. The SMILES string of the molecule is CN1CCN(C2CC3(CCN(C(=O)OC(C)(C)C)CC3)C2)C(c2ccccc2C2CC2)C1. The van der Waals surface area contributed by atoms with Gasteiger partial charge >= 0.3 is 6.09 Å². The lowest BCUT2D eigenvalue weighted by Crippen LogP contribution is -2.60. The van der Waals surface area contributed by atoms with E-state index in [1.807, 2.05) is 25.7 Å². The van der Waals surface area contributed by atoms with Crippen LogP contribution >= 0.6 is 0 Å². The maximum Gasteiger partial charge on any atom is 0.410 e. The van der Waals surface area contributed by atoms with Gasteiger partial charge in [0.2, 0.25) is 0 Å². The molecule has 5 nitrogen and oxygen atoms in total. The summed E-state index contributed by atoms with van der Waals surface area (Å²) in [6, 6.07) is 10.5. The first-order valence-electron chi connectivity index (χ1n) is 12.7. The molecule has 5 rings (SSSR count). The number of ether oxygens (including phenoxy) is 1. The van der Waals surface area contributed by atoms with E-state index in [1.165, 1.54) is 32.2 Å². The van der Waals surface area contributed by atoms with Gasteiger partial charge in [0.25, 0.3) is 0 Å². The zero-order chi connectivity index (χ0) is 22.5. The summed E-state index contributed by atoms with van der Waals surface area (Å²) < 4.78 is 5.60. The Morgan fingerprint density at radius 3 is 2.28 bits per heavy atom. The minimum atomic E-state index is -0.416. The third-order valence-corrected chi connectivity index (χ3v) is 8.28. The average molecular weight is 440 g/mol. The van der Waals surface area contributed by atoms with Gasteiger partial charge in [-0.2, -0.15) is 0 Å². The number of benzene rings is 1. The molecular formula is C27H41N3O2. The van der Waals surface area contributed by atoms with E-state index in [1.54, 1.807) is 11.1 Å². The number of hydrogen-bond donors (Lipinski definition) is 0. The zero-order valence-corrected chi connectivity index (χ0v) is 20.5. The Balaban J connectivity index is 1.23. The van der Waals surface area contributed by atoms with Crippen LogP contribution in [-0.4, -0.2) is 72.2 Å². The highest BCUT2D eigenvalue weighted by molar-refractivity contribution is 5.68. The predicted octanol–water partition coefficient (Wildman–Crippen LogP) is 5.03. The summed E-state index contributed by atoms with van der Waals surface area (Å²) in [4.78, 5) is 19.7. The molecule has 176 valence electrons. The molecule has 1 aromatic rings. The third-order valence-electron chi connectivity index (χ3n) is 8.28. The van der Waals surface area contributed by atoms with Crippen LogP contribution in [0.5, 0.6) is 0 Å². The van der Waals surface area contributed by atoms with Crippen molar-refractivity contribution in [3.63, 3.8) is 0 Å². The number of carbonyl (C=O) groups is 1. The van der Waals surface area contributed by atoms with Crippen LogP contribution in [0.25, 0.3) is 0 Å². The third kappa shape index (κ3) is 4.56. The maximum atomic E-state index is 12.5. The topological polar surface area (TPSA) is 36.0 Å². The predicted molar refractivity (Wildman–Crippen MR) is 128 cm³/mol. The van der Waals surface area contributed by atoms with Crippen molar-refractivity contribution in [3.8, 4) is 0 Å². The van der Waals surface area contributed by atoms with Crippen molar-refractivity contribution < 1.29 is 9.53 Å². The van der Waals surface area contributed by atoms with Crippen LogP contribution in [0.1, 0.15) is 82.4 Å². The number of rotatable bonds is 3. The molecule has 1 atom stereocenters. The number of likely N-dealkylation sites (N-methyl/N-ethyl adjacent to an activating group) is 1. The van der Waals surface area contributed by atoms with Crippen molar-refractivity contribution in [3.05, 3.63) is 35.4 Å². The second kappa shape index (κ2) is 8.32. The van der Waals surface area contributed by atoms with Crippen LogP contribution in [-0.2, 0) is 4.74 Å². The quantitative estimate of drug-likeness (QED) is 0.662. The summed E-state index contributed by atoms with van der Waals surface area (Å²) in [6.07, 6.45) is 7.42. The van der Waals surface area contributed by atoms with Crippen LogP contribution in [0.3, 0.4) is 0 Å². The summed E-state index contributed by atoms with van der Waals surface area (Å²) >= 11 is 0. The normalized spacial score (nSPS) is 27.4. The van der Waals surface area contributed by atoms with Gasteiger partial charge in [-0.3, -0.25) is 4.90 Å². The lowest BCUT2D eigenvalue weighted by Gasteiger charge is -2.58. The van der Waals surface area contributed by atoms with E-state index in [9.17, 15) is 4.79 Å². The highest BCUT2D eigenvalue weighted by atomic mass is 16.6. The minimum Gasteiger partial charge on any atom is -0.444 e. The molecule has 2 saturated carbocycles. The van der Waals surface area contributed by atoms with Crippen LogP contribution in [0.4, 0.5) is 4.79 Å². The molecule has 4 fully saturated rings. The fraction of sp³-hybridized carbons (Fsp3) is 0.741. The highest BCUT2D eigenvalue weighted by Gasteiger charge is 2.50. The van der Waals surface area contributed by atoms with E-state index >= 15 is 0 Å². The first-order valence-corrected chi connectivity index (χ1v) is 12.7. The minimum absolute atomic E-state index is 0.140. The van der Waals surface area contributed by atoms with Crippen molar-refractivity contribution in [2.45, 2.75) is 82.9 Å². The van der Waals surface area contributed by atoms with E-state index in [-0.39, 0.29) is 6.09 Å². The van der Waals surface area contributed by atoms with Crippen LogP contribution < -0.4 is 0 Å². The Morgan fingerprint density at radius 1 is 1.00 bits per heavy atom. The van der Waals surface area contributed by atoms with Crippen LogP contribution in [0, 0.1) is 5.41 Å². The maximum absolute atomic E-state index is 12.5. The zero-order valence-electron chi connectivity index (χ0n) is 20.5. The van der Waals surface area contributed by atoms with E-state index in [0.29, 0.717) is 17.5 Å². The molecule has 0 bridgehead atoms. The van der Waals surface area contributed by atoms with Crippen LogP contribution in [0.15, 0.2) is 24.3 Å². The van der Waals surface area contributed by atoms with Gasteiger partial charge in [-0.15, -0.1) is 0 Å². The van der Waals surface area contributed by atoms with Crippen LogP contribution in [0.2, 0.25) is 0 Å². The molecule has 0 N–H and O–H groups in total. The van der Waals surface area contributed by atoms with Gasteiger partial charge in [0.1, 0.15) is 5.60 Å². The molecule has 2 saturated heterocycles. The molecule has 5 heteroatoms. The van der Waals surface area contributed by atoms with Gasteiger partial charge < -0.3 is 14.5 Å². The van der Waals surface area contributed by atoms with Crippen molar-refractivity contribution in [2.75, 3.05) is 39.8 Å². The number of piperidine rings is 1. The van der Waals surface area contributed by atoms with Gasteiger partial charge in [0.05, 0.1) is 0 Å². The summed E-state index contributed by atoms with van der Waals surface area (Å²) in [5.41, 5.74) is 3.22. The number of amides is 1. The van der Waals surface area contributed by atoms with Gasteiger partial charge in [-0.25, -0.2) is 4.79 Å². The average Bonchev–Trinajstić information content (AvgIpc) is 3.56. The smallest absolute Gasteiger partial charge is 0.410 e. The summed E-state index contributed by atoms with van der Waals surface area (Å²) in [5.74, 6) is 0.796. The Hall–Kier alpha value is -1.59. The number of hydrogen-bond acceptors (Lipinski definition) is 4. The van der Waals surface area contributed by atoms with Crippen molar-refractivity contribution in [2.24, 2.45) is 5.41 Å². The van der Waals surface area contributed by atoms with Gasteiger partial charge in [0.15, 0.2) is 0 Å². The number of carbonyl (C=O) groups excluding carboxylic acids is 1. The summed E-state index contributed by atoms with van der Waals surface area (Å²) in [7, 11) is 2.28. The molecule has 1 amide bonds. The second-order valence-corrected chi connectivity index (χ2v) is 11.9. The highest BCUT2D eigenvalue weighted by Crippen LogP contribution is 2.53. The Kier molecular flexibility index (Phi) is 5.78. The molecule has 1 unspecified atom stereocenters. The molecule has 2 aliphatic carbocycles. The second-order valence-electron chi connectivity index (χ2n) is 11.9. The molecule has 0 radical (unpaired) electrons. The molecular weight excluding hydrogens is 398 g/mol. The molecule has 4 aliphatic rings. The number of likely N-dealkylation sites (tertiary alicyclic amines) is 1. The monoisotopic (exact) mass is 439 g/mol. The molecule has 0 aromatic heterocycles. The number of nitrogens with zero attached hydrogens (tertiary/aromatic N) is 3. The first-order chi connectivity index (χ1) is 15.2. The van der Waals surface area contributed by atoms with E-state index < -0.39 is 5.60 Å². The molecule has 2 heterocycles. The molecule has 32 heavy (non-hydrogen) atoms. The van der Waals surface area contributed by atoms with E-state index in [0.717, 1.165) is 44.9 Å². The van der Waals surface area contributed by atoms with E-state index in [2.05, 4.69) is 41.1 Å². The fourth-order valence-electron chi connectivity index (χ4n) is 6.30.